The second kappa shape index (κ2) is 6.65. The highest BCUT2D eigenvalue weighted by molar-refractivity contribution is 7.89. The molecule has 0 spiro atoms. The van der Waals surface area contributed by atoms with Crippen LogP contribution in [0.25, 0.3) is 0 Å². The van der Waals surface area contributed by atoms with E-state index in [2.05, 4.69) is 9.71 Å². The molecule has 114 valence electrons. The number of aryl methyl sites for hydroxylation is 2. The molecule has 0 fully saturated rings. The Balaban J connectivity index is 2.26. The van der Waals surface area contributed by atoms with Crippen molar-refractivity contribution in [3.8, 4) is 0 Å². The van der Waals surface area contributed by atoms with Gasteiger partial charge < -0.3 is 5.73 Å². The lowest BCUT2D eigenvalue weighted by Crippen LogP contribution is -2.24. The van der Waals surface area contributed by atoms with Gasteiger partial charge in [-0.05, 0) is 30.5 Å². The number of benzene rings is 1. The predicted octanol–water partition coefficient (Wildman–Crippen LogP) is 1.95. The van der Waals surface area contributed by atoms with Crippen molar-refractivity contribution in [1.29, 1.82) is 0 Å². The molecule has 0 atom stereocenters. The van der Waals surface area contributed by atoms with Crippen LogP contribution in [0.1, 0.15) is 27.9 Å². The zero-order valence-corrected chi connectivity index (χ0v) is 13.7. The van der Waals surface area contributed by atoms with E-state index in [1.807, 2.05) is 26.0 Å². The van der Waals surface area contributed by atoms with Crippen LogP contribution in [-0.2, 0) is 29.5 Å². The van der Waals surface area contributed by atoms with Gasteiger partial charge in [0.2, 0.25) is 10.0 Å². The first-order valence-electron chi connectivity index (χ1n) is 6.69. The first-order valence-corrected chi connectivity index (χ1v) is 8.99. The molecule has 1 aromatic heterocycles. The van der Waals surface area contributed by atoms with E-state index >= 15 is 0 Å². The van der Waals surface area contributed by atoms with Gasteiger partial charge in [-0.1, -0.05) is 19.1 Å². The summed E-state index contributed by atoms with van der Waals surface area (Å²) in [5.41, 5.74) is 7.20. The maximum absolute atomic E-state index is 12.5. The van der Waals surface area contributed by atoms with Crippen LogP contribution >= 0.6 is 11.3 Å². The Bertz CT molecular complexity index is 724. The van der Waals surface area contributed by atoms with Crippen molar-refractivity contribution in [3.05, 3.63) is 45.4 Å². The summed E-state index contributed by atoms with van der Waals surface area (Å²) in [6, 6.07) is 5.34. The third-order valence-electron chi connectivity index (χ3n) is 3.14. The largest absolute Gasteiger partial charge is 0.326 e. The van der Waals surface area contributed by atoms with Gasteiger partial charge in [-0.15, -0.1) is 11.3 Å². The number of nitrogens with zero attached hydrogens (tertiary/aromatic N) is 1. The standard InChI is InChI=1S/C14H19N3O2S2/c1-3-12-5-4-11(7-15)6-14(12)21(18,19)17-9-13-8-16-10(2)20-13/h4-6,8,17H,3,7,9,15H2,1-2H3. The Morgan fingerprint density at radius 2 is 2.14 bits per heavy atom. The van der Waals surface area contributed by atoms with Crippen LogP contribution in [0.3, 0.4) is 0 Å². The Labute approximate surface area is 129 Å². The summed E-state index contributed by atoms with van der Waals surface area (Å²) in [5, 5.41) is 0.920. The smallest absolute Gasteiger partial charge is 0.241 e. The lowest BCUT2D eigenvalue weighted by molar-refractivity contribution is 0.580. The summed E-state index contributed by atoms with van der Waals surface area (Å²) < 4.78 is 27.6. The molecule has 2 aromatic rings. The van der Waals surface area contributed by atoms with Gasteiger partial charge in [0.15, 0.2) is 0 Å². The summed E-state index contributed by atoms with van der Waals surface area (Å²) in [4.78, 5) is 5.33. The minimum Gasteiger partial charge on any atom is -0.326 e. The van der Waals surface area contributed by atoms with Crippen molar-refractivity contribution in [1.82, 2.24) is 9.71 Å². The van der Waals surface area contributed by atoms with E-state index in [0.717, 1.165) is 21.0 Å². The average Bonchev–Trinajstić information content (AvgIpc) is 2.90. The van der Waals surface area contributed by atoms with Crippen LogP contribution in [0.15, 0.2) is 29.3 Å². The summed E-state index contributed by atoms with van der Waals surface area (Å²) >= 11 is 1.48. The van der Waals surface area contributed by atoms with Crippen molar-refractivity contribution in [2.24, 2.45) is 5.73 Å². The second-order valence-corrected chi connectivity index (χ2v) is 7.72. The van der Waals surface area contributed by atoms with Crippen LogP contribution in [0, 0.1) is 6.92 Å². The van der Waals surface area contributed by atoms with Crippen LogP contribution in [0.4, 0.5) is 0 Å². The molecule has 21 heavy (non-hydrogen) atoms. The topological polar surface area (TPSA) is 85.1 Å². The number of hydrogen-bond donors (Lipinski definition) is 2. The Hall–Kier alpha value is -1.28. The molecule has 0 aliphatic rings. The average molecular weight is 325 g/mol. The Kier molecular flexibility index (Phi) is 5.10. The zero-order valence-electron chi connectivity index (χ0n) is 12.1. The summed E-state index contributed by atoms with van der Waals surface area (Å²) in [5.74, 6) is 0. The van der Waals surface area contributed by atoms with E-state index < -0.39 is 10.0 Å². The molecule has 0 radical (unpaired) electrons. The quantitative estimate of drug-likeness (QED) is 0.850. The minimum absolute atomic E-state index is 0.254. The van der Waals surface area contributed by atoms with E-state index in [1.165, 1.54) is 11.3 Å². The van der Waals surface area contributed by atoms with E-state index in [9.17, 15) is 8.42 Å². The van der Waals surface area contributed by atoms with Crippen LogP contribution in [-0.4, -0.2) is 13.4 Å². The monoisotopic (exact) mass is 325 g/mol. The Morgan fingerprint density at radius 3 is 2.71 bits per heavy atom. The fraction of sp³-hybridized carbons (Fsp3) is 0.357. The molecule has 3 N–H and O–H groups in total. The van der Waals surface area contributed by atoms with E-state index in [1.54, 1.807) is 12.3 Å². The van der Waals surface area contributed by atoms with Crippen molar-refractivity contribution < 1.29 is 8.42 Å². The summed E-state index contributed by atoms with van der Waals surface area (Å²) in [6.07, 6.45) is 2.35. The highest BCUT2D eigenvalue weighted by atomic mass is 32.2. The lowest BCUT2D eigenvalue weighted by Gasteiger charge is -2.11. The molecule has 2 rings (SSSR count). The van der Waals surface area contributed by atoms with Gasteiger partial charge in [-0.25, -0.2) is 18.1 Å². The van der Waals surface area contributed by atoms with Crippen molar-refractivity contribution in [2.75, 3.05) is 0 Å². The lowest BCUT2D eigenvalue weighted by atomic mass is 10.1. The number of nitrogens with two attached hydrogens (primary N) is 1. The van der Waals surface area contributed by atoms with Crippen molar-refractivity contribution in [3.63, 3.8) is 0 Å². The molecule has 7 heteroatoms. The minimum atomic E-state index is -3.55. The van der Waals surface area contributed by atoms with Crippen LogP contribution in [0.5, 0.6) is 0 Å². The molecule has 0 aliphatic heterocycles. The normalized spacial score (nSPS) is 11.8. The Morgan fingerprint density at radius 1 is 1.38 bits per heavy atom. The molecule has 5 nitrogen and oxygen atoms in total. The molecule has 0 saturated carbocycles. The maximum atomic E-state index is 12.5. The van der Waals surface area contributed by atoms with E-state index in [-0.39, 0.29) is 6.54 Å². The molecular formula is C14H19N3O2S2. The maximum Gasteiger partial charge on any atom is 0.241 e. The zero-order chi connectivity index (χ0) is 15.5. The first-order chi connectivity index (χ1) is 9.96. The fourth-order valence-electron chi connectivity index (χ4n) is 2.00. The van der Waals surface area contributed by atoms with Gasteiger partial charge in [-0.2, -0.15) is 0 Å². The molecule has 0 amide bonds. The van der Waals surface area contributed by atoms with E-state index in [4.69, 9.17) is 5.73 Å². The number of sulfonamides is 1. The van der Waals surface area contributed by atoms with Crippen LogP contribution < -0.4 is 10.5 Å². The molecule has 0 bridgehead atoms. The predicted molar refractivity (Wildman–Crippen MR) is 84.6 cm³/mol. The van der Waals surface area contributed by atoms with Gasteiger partial charge in [0.1, 0.15) is 0 Å². The highest BCUT2D eigenvalue weighted by Gasteiger charge is 2.18. The molecular weight excluding hydrogens is 306 g/mol. The molecule has 0 unspecified atom stereocenters. The highest BCUT2D eigenvalue weighted by Crippen LogP contribution is 2.19. The van der Waals surface area contributed by atoms with Gasteiger partial charge >= 0.3 is 0 Å². The van der Waals surface area contributed by atoms with Gasteiger partial charge in [0.25, 0.3) is 0 Å². The fourth-order valence-corrected chi connectivity index (χ4v) is 4.19. The van der Waals surface area contributed by atoms with Crippen LogP contribution in [0.2, 0.25) is 0 Å². The first kappa shape index (κ1) is 16.1. The molecule has 1 heterocycles. The number of nitrogens with one attached hydrogen (secondary N) is 1. The SMILES string of the molecule is CCc1ccc(CN)cc1S(=O)(=O)NCc1cnc(C)s1. The third kappa shape index (κ3) is 3.88. The van der Waals surface area contributed by atoms with Gasteiger partial charge in [0.05, 0.1) is 9.90 Å². The second-order valence-electron chi connectivity index (χ2n) is 4.67. The van der Waals surface area contributed by atoms with Crippen molar-refractivity contribution >= 4 is 21.4 Å². The van der Waals surface area contributed by atoms with Crippen molar-refractivity contribution in [2.45, 2.75) is 38.3 Å². The summed E-state index contributed by atoms with van der Waals surface area (Å²) in [6.45, 7) is 4.40. The number of thiazole rings is 1. The molecule has 0 aliphatic carbocycles. The third-order valence-corrected chi connectivity index (χ3v) is 5.54. The molecule has 1 aromatic carbocycles. The number of rotatable bonds is 6. The van der Waals surface area contributed by atoms with Gasteiger partial charge in [0, 0.05) is 24.2 Å². The van der Waals surface area contributed by atoms with E-state index in [0.29, 0.717) is 17.9 Å². The number of hydrogen-bond acceptors (Lipinski definition) is 5. The number of aromatic nitrogens is 1. The summed E-state index contributed by atoms with van der Waals surface area (Å²) in [7, 11) is -3.55. The van der Waals surface area contributed by atoms with Gasteiger partial charge in [-0.3, -0.25) is 0 Å². The molecule has 0 saturated heterocycles.